The third-order valence-corrected chi connectivity index (χ3v) is 5.14. The highest BCUT2D eigenvalue weighted by Crippen LogP contribution is 2.25. The van der Waals surface area contributed by atoms with Crippen molar-refractivity contribution in [2.45, 2.75) is 79.2 Å². The normalized spacial score (nSPS) is 11.7. The molecule has 1 rings (SSSR count). The van der Waals surface area contributed by atoms with Crippen molar-refractivity contribution in [3.63, 3.8) is 0 Å². The van der Waals surface area contributed by atoms with Crippen LogP contribution in [0.1, 0.15) is 66.0 Å². The minimum absolute atomic E-state index is 0.144. The van der Waals surface area contributed by atoms with Crippen molar-refractivity contribution in [1.82, 2.24) is 4.72 Å². The second kappa shape index (κ2) is 11.2. The Hall–Kier alpha value is -0.380. The molecule has 0 heterocycles. The van der Waals surface area contributed by atoms with Crippen LogP contribution in [0, 0.1) is 13.8 Å². The molecular weight excluding hydrogens is 302 g/mol. The summed E-state index contributed by atoms with van der Waals surface area (Å²) in [6.07, 6.45) is 0.914. The molecule has 0 saturated carbocycles. The van der Waals surface area contributed by atoms with Gasteiger partial charge in [0.1, 0.15) is 11.0 Å². The first-order valence-electron chi connectivity index (χ1n) is 7.74. The highest BCUT2D eigenvalue weighted by atomic mass is 35.5. The highest BCUT2D eigenvalue weighted by molar-refractivity contribution is 7.83. The van der Waals surface area contributed by atoms with Crippen LogP contribution in [0.5, 0.6) is 0 Å². The van der Waals surface area contributed by atoms with Crippen molar-refractivity contribution in [3.05, 3.63) is 28.3 Å². The molecule has 4 heteroatoms. The molecule has 0 amide bonds. The van der Waals surface area contributed by atoms with E-state index in [0.717, 1.165) is 22.4 Å². The highest BCUT2D eigenvalue weighted by Gasteiger charge is 2.20. The van der Waals surface area contributed by atoms with E-state index in [4.69, 9.17) is 11.6 Å². The molecule has 0 aromatic heterocycles. The van der Waals surface area contributed by atoms with Crippen LogP contribution in [0.4, 0.5) is 0 Å². The number of halogens is 1. The van der Waals surface area contributed by atoms with Crippen LogP contribution in [0.3, 0.4) is 0 Å². The Labute approximate surface area is 139 Å². The molecule has 0 aliphatic carbocycles. The minimum atomic E-state index is -1.22. The Morgan fingerprint density at radius 3 is 2.05 bits per heavy atom. The fraction of sp³-hybridized carbons (Fsp3) is 0.647. The van der Waals surface area contributed by atoms with E-state index in [1.165, 1.54) is 0 Å². The third kappa shape index (κ3) is 7.44. The van der Waals surface area contributed by atoms with Gasteiger partial charge in [-0.15, -0.1) is 0 Å². The first-order chi connectivity index (χ1) is 9.78. The van der Waals surface area contributed by atoms with Crippen molar-refractivity contribution in [2.24, 2.45) is 0 Å². The van der Waals surface area contributed by atoms with Gasteiger partial charge in [0.15, 0.2) is 0 Å². The zero-order chi connectivity index (χ0) is 17.2. The van der Waals surface area contributed by atoms with E-state index >= 15 is 0 Å². The summed E-state index contributed by atoms with van der Waals surface area (Å²) in [5, 5.41) is 0.701. The molecule has 0 aliphatic heterocycles. The quantitative estimate of drug-likeness (QED) is 0.740. The third-order valence-electron chi connectivity index (χ3n) is 2.98. The molecule has 1 aromatic carbocycles. The number of rotatable bonds is 4. The predicted octanol–water partition coefficient (Wildman–Crippen LogP) is 5.81. The van der Waals surface area contributed by atoms with Gasteiger partial charge in [-0.05, 0) is 51.3 Å². The molecule has 2 nitrogen and oxygen atoms in total. The molecular formula is C17H32ClNOS. The molecule has 0 saturated heterocycles. The van der Waals surface area contributed by atoms with Gasteiger partial charge in [0.2, 0.25) is 0 Å². The maximum Gasteiger partial charge on any atom is 0.125 e. The molecule has 0 fully saturated rings. The van der Waals surface area contributed by atoms with Gasteiger partial charge in [-0.3, -0.25) is 0 Å². The van der Waals surface area contributed by atoms with E-state index < -0.39 is 11.0 Å². The van der Waals surface area contributed by atoms with Gasteiger partial charge in [-0.2, -0.15) is 0 Å². The number of aryl methyl sites for hydroxylation is 1. The molecule has 1 aromatic rings. The Morgan fingerprint density at radius 2 is 1.62 bits per heavy atom. The van der Waals surface area contributed by atoms with Gasteiger partial charge in [0.25, 0.3) is 0 Å². The number of benzene rings is 1. The molecule has 1 unspecified atom stereocenters. The molecule has 0 radical (unpaired) electrons. The van der Waals surface area contributed by atoms with Crippen molar-refractivity contribution in [1.29, 1.82) is 0 Å². The second-order valence-electron chi connectivity index (χ2n) is 4.93. The van der Waals surface area contributed by atoms with Gasteiger partial charge in [0.05, 0.1) is 4.90 Å². The first-order valence-corrected chi connectivity index (χ1v) is 9.26. The second-order valence-corrected chi connectivity index (χ2v) is 6.49. The monoisotopic (exact) mass is 333 g/mol. The topological polar surface area (TPSA) is 29.1 Å². The fourth-order valence-corrected chi connectivity index (χ4v) is 2.93. The average Bonchev–Trinajstić information content (AvgIpc) is 2.48. The Balaban J connectivity index is 0. The summed E-state index contributed by atoms with van der Waals surface area (Å²) < 4.78 is 15.4. The SMILES string of the molecule is CC.CC.CCC(C)(C)NS(=O)c1ccc(C)c(Cl)c1C. The van der Waals surface area contributed by atoms with E-state index in [2.05, 4.69) is 11.6 Å². The van der Waals surface area contributed by atoms with E-state index in [0.29, 0.717) is 5.02 Å². The largest absolute Gasteiger partial charge is 0.237 e. The Kier molecular flexibility index (Phi) is 12.2. The lowest BCUT2D eigenvalue weighted by atomic mass is 10.0. The zero-order valence-corrected chi connectivity index (χ0v) is 16.6. The maximum atomic E-state index is 12.2. The van der Waals surface area contributed by atoms with Gasteiger partial charge >= 0.3 is 0 Å². The summed E-state index contributed by atoms with van der Waals surface area (Å²) in [6.45, 7) is 18.0. The number of hydrogen-bond acceptors (Lipinski definition) is 1. The van der Waals surface area contributed by atoms with Crippen LogP contribution < -0.4 is 4.72 Å². The summed E-state index contributed by atoms with van der Waals surface area (Å²) in [6, 6.07) is 3.79. The van der Waals surface area contributed by atoms with Crippen LogP contribution in [-0.4, -0.2) is 9.75 Å². The van der Waals surface area contributed by atoms with Crippen molar-refractivity contribution >= 4 is 22.6 Å². The van der Waals surface area contributed by atoms with E-state index in [-0.39, 0.29) is 5.54 Å². The standard InChI is InChI=1S/C13H20ClNOS.2C2H6/c1-6-13(4,5)15-17(16)11-8-7-9(2)12(14)10(11)3;2*1-2/h7-8,15H,6H2,1-5H3;2*1-2H3. The van der Waals surface area contributed by atoms with E-state index in [1.54, 1.807) is 0 Å². The zero-order valence-electron chi connectivity index (χ0n) is 15.1. The summed E-state index contributed by atoms with van der Waals surface area (Å²) >= 11 is 6.17. The van der Waals surface area contributed by atoms with E-state index in [1.807, 2.05) is 67.5 Å². The molecule has 0 bridgehead atoms. The van der Waals surface area contributed by atoms with Crippen molar-refractivity contribution in [2.75, 3.05) is 0 Å². The van der Waals surface area contributed by atoms with Gasteiger partial charge in [0, 0.05) is 10.6 Å². The Bertz CT molecular complexity index is 445. The van der Waals surface area contributed by atoms with Gasteiger partial charge in [-0.1, -0.05) is 52.3 Å². The summed E-state index contributed by atoms with van der Waals surface area (Å²) in [7, 11) is -1.22. The molecule has 0 spiro atoms. The van der Waals surface area contributed by atoms with Crippen molar-refractivity contribution in [3.8, 4) is 0 Å². The smallest absolute Gasteiger partial charge is 0.125 e. The lowest BCUT2D eigenvalue weighted by Gasteiger charge is -2.24. The molecule has 21 heavy (non-hydrogen) atoms. The van der Waals surface area contributed by atoms with Crippen LogP contribution >= 0.6 is 11.6 Å². The van der Waals surface area contributed by atoms with Gasteiger partial charge < -0.3 is 0 Å². The first kappa shape index (κ1) is 22.9. The molecule has 124 valence electrons. The van der Waals surface area contributed by atoms with E-state index in [9.17, 15) is 4.21 Å². The minimum Gasteiger partial charge on any atom is -0.237 e. The van der Waals surface area contributed by atoms with Crippen LogP contribution in [0.2, 0.25) is 5.02 Å². The summed E-state index contributed by atoms with van der Waals surface area (Å²) in [5.74, 6) is 0. The van der Waals surface area contributed by atoms with Crippen LogP contribution in [0.15, 0.2) is 17.0 Å². The molecule has 0 aliphatic rings. The number of nitrogens with one attached hydrogen (secondary N) is 1. The summed E-state index contributed by atoms with van der Waals surface area (Å²) in [4.78, 5) is 0.766. The predicted molar refractivity (Wildman–Crippen MR) is 97.5 cm³/mol. The lowest BCUT2D eigenvalue weighted by molar-refractivity contribution is 0.455. The summed E-state index contributed by atoms with van der Waals surface area (Å²) in [5.41, 5.74) is 1.76. The average molecular weight is 334 g/mol. The molecule has 1 atom stereocenters. The number of hydrogen-bond donors (Lipinski definition) is 1. The maximum absolute atomic E-state index is 12.2. The van der Waals surface area contributed by atoms with Crippen LogP contribution in [-0.2, 0) is 11.0 Å². The molecule has 1 N–H and O–H groups in total. The Morgan fingerprint density at radius 1 is 1.14 bits per heavy atom. The fourth-order valence-electron chi connectivity index (χ4n) is 1.38. The van der Waals surface area contributed by atoms with Gasteiger partial charge in [-0.25, -0.2) is 8.93 Å². The van der Waals surface area contributed by atoms with Crippen molar-refractivity contribution < 1.29 is 4.21 Å². The lowest BCUT2D eigenvalue weighted by Crippen LogP contribution is -2.39. The van der Waals surface area contributed by atoms with Crippen LogP contribution in [0.25, 0.3) is 0 Å².